The molecule has 3 aromatic rings. The average Bonchev–Trinajstić information content (AvgIpc) is 3.14. The zero-order valence-corrected chi connectivity index (χ0v) is 15.8. The van der Waals surface area contributed by atoms with Gasteiger partial charge < -0.3 is 14.5 Å². The number of hydrogen-bond acceptors (Lipinski definition) is 7. The Hall–Kier alpha value is -3.17. The van der Waals surface area contributed by atoms with Gasteiger partial charge in [-0.05, 0) is 42.0 Å². The topological polar surface area (TPSA) is 112 Å². The first-order chi connectivity index (χ1) is 13.3. The van der Waals surface area contributed by atoms with Crippen LogP contribution >= 0.6 is 0 Å². The van der Waals surface area contributed by atoms with Crippen molar-refractivity contribution >= 4 is 26.9 Å². The van der Waals surface area contributed by atoms with Crippen LogP contribution in [0.2, 0.25) is 0 Å². The van der Waals surface area contributed by atoms with Crippen molar-refractivity contribution < 1.29 is 22.5 Å². The van der Waals surface area contributed by atoms with E-state index < -0.39 is 20.4 Å². The normalized spacial score (nSPS) is 11.3. The van der Waals surface area contributed by atoms with E-state index in [1.807, 2.05) is 12.1 Å². The molecule has 1 heterocycles. The van der Waals surface area contributed by atoms with Gasteiger partial charge in [0.05, 0.1) is 17.8 Å². The fourth-order valence-corrected chi connectivity index (χ4v) is 3.53. The zero-order valence-electron chi connectivity index (χ0n) is 15.0. The molecule has 0 fully saturated rings. The summed E-state index contributed by atoms with van der Waals surface area (Å²) in [6.45, 7) is 0.647. The van der Waals surface area contributed by atoms with Gasteiger partial charge in [-0.2, -0.15) is 0 Å². The van der Waals surface area contributed by atoms with Crippen molar-refractivity contribution in [1.29, 1.82) is 0 Å². The molecule has 146 valence electrons. The van der Waals surface area contributed by atoms with Crippen molar-refractivity contribution in [2.45, 2.75) is 18.1 Å². The number of nitro benzene ring substituents is 1. The van der Waals surface area contributed by atoms with Gasteiger partial charge in [-0.1, -0.05) is 18.2 Å². The number of benzene rings is 2. The molecule has 1 N–H and O–H groups in total. The van der Waals surface area contributed by atoms with Crippen LogP contribution in [0.15, 0.2) is 70.2 Å². The number of anilines is 2. The molecule has 0 unspecified atom stereocenters. The Balaban J connectivity index is 1.79. The molecule has 0 aliphatic carbocycles. The summed E-state index contributed by atoms with van der Waals surface area (Å²) in [6, 6.07) is 14.9. The molecule has 0 saturated carbocycles. The van der Waals surface area contributed by atoms with E-state index in [1.54, 1.807) is 30.5 Å². The van der Waals surface area contributed by atoms with Gasteiger partial charge >= 0.3 is 5.69 Å². The molecule has 2 aromatic carbocycles. The van der Waals surface area contributed by atoms with Crippen molar-refractivity contribution in [2.75, 3.05) is 11.6 Å². The highest BCUT2D eigenvalue weighted by molar-refractivity contribution is 7.90. The SMILES string of the molecule is CS(=O)(=O)c1cccc(Nc2cccc(COCc3ccco3)c2)c1[N+](=O)[O-]. The second-order valence-corrected chi connectivity index (χ2v) is 8.06. The first-order valence-corrected chi connectivity index (χ1v) is 10.2. The van der Waals surface area contributed by atoms with Crippen LogP contribution in [0.3, 0.4) is 0 Å². The highest BCUT2D eigenvalue weighted by atomic mass is 32.2. The third-order valence-corrected chi connectivity index (χ3v) is 5.01. The lowest BCUT2D eigenvalue weighted by Gasteiger charge is -2.11. The summed E-state index contributed by atoms with van der Waals surface area (Å²) >= 11 is 0. The summed E-state index contributed by atoms with van der Waals surface area (Å²) in [7, 11) is -3.75. The van der Waals surface area contributed by atoms with Gasteiger partial charge in [-0.3, -0.25) is 10.1 Å². The number of para-hydroxylation sites is 1. The third-order valence-electron chi connectivity index (χ3n) is 3.88. The third kappa shape index (κ3) is 4.76. The molecule has 9 heteroatoms. The first-order valence-electron chi connectivity index (χ1n) is 8.28. The molecule has 1 aromatic heterocycles. The number of nitro groups is 1. The summed E-state index contributed by atoms with van der Waals surface area (Å²) in [4.78, 5) is 10.4. The maximum absolute atomic E-state index is 11.9. The number of nitrogens with one attached hydrogen (secondary N) is 1. The van der Waals surface area contributed by atoms with Gasteiger partial charge in [-0.15, -0.1) is 0 Å². The molecule has 0 aliphatic heterocycles. The van der Waals surface area contributed by atoms with Gasteiger partial charge in [0.25, 0.3) is 0 Å². The van der Waals surface area contributed by atoms with Crippen LogP contribution in [0.5, 0.6) is 0 Å². The van der Waals surface area contributed by atoms with Crippen LogP contribution in [0, 0.1) is 10.1 Å². The lowest BCUT2D eigenvalue weighted by atomic mass is 10.2. The lowest BCUT2D eigenvalue weighted by Crippen LogP contribution is -2.05. The molecule has 0 amide bonds. The van der Waals surface area contributed by atoms with Crippen molar-refractivity contribution in [3.8, 4) is 0 Å². The van der Waals surface area contributed by atoms with Gasteiger partial charge in [0, 0.05) is 11.9 Å². The Morgan fingerprint density at radius 2 is 1.89 bits per heavy atom. The molecule has 0 spiro atoms. The van der Waals surface area contributed by atoms with Gasteiger partial charge in [0.15, 0.2) is 9.84 Å². The molecule has 0 atom stereocenters. The Morgan fingerprint density at radius 3 is 2.57 bits per heavy atom. The Labute approximate surface area is 161 Å². The van der Waals surface area contributed by atoms with Crippen molar-refractivity contribution in [3.63, 3.8) is 0 Å². The van der Waals surface area contributed by atoms with Gasteiger partial charge in [0.1, 0.15) is 22.9 Å². The molecular formula is C19H18N2O6S. The smallest absolute Gasteiger partial charge is 0.311 e. The molecular weight excluding hydrogens is 384 g/mol. The second-order valence-electron chi connectivity index (χ2n) is 6.08. The van der Waals surface area contributed by atoms with Crippen LogP contribution in [0.4, 0.5) is 17.1 Å². The van der Waals surface area contributed by atoms with Crippen molar-refractivity contribution in [1.82, 2.24) is 0 Å². The quantitative estimate of drug-likeness (QED) is 0.447. The maximum Gasteiger partial charge on any atom is 0.311 e. The highest BCUT2D eigenvalue weighted by Crippen LogP contribution is 2.34. The Kier molecular flexibility index (Phi) is 5.76. The number of hydrogen-bond donors (Lipinski definition) is 1. The fourth-order valence-electron chi connectivity index (χ4n) is 2.67. The first kappa shape index (κ1) is 19.6. The minimum atomic E-state index is -3.75. The number of furan rings is 1. The molecule has 0 radical (unpaired) electrons. The summed E-state index contributed by atoms with van der Waals surface area (Å²) in [5.74, 6) is 0.711. The van der Waals surface area contributed by atoms with Crippen LogP contribution in [0.25, 0.3) is 0 Å². The van der Waals surface area contributed by atoms with Crippen LogP contribution < -0.4 is 5.32 Å². The van der Waals surface area contributed by atoms with E-state index in [9.17, 15) is 18.5 Å². The fraction of sp³-hybridized carbons (Fsp3) is 0.158. The monoisotopic (exact) mass is 402 g/mol. The van der Waals surface area contributed by atoms with E-state index in [1.165, 1.54) is 18.2 Å². The van der Waals surface area contributed by atoms with Gasteiger partial charge in [-0.25, -0.2) is 8.42 Å². The van der Waals surface area contributed by atoms with Crippen molar-refractivity contribution in [2.24, 2.45) is 0 Å². The van der Waals surface area contributed by atoms with E-state index in [0.717, 1.165) is 11.8 Å². The molecule has 3 rings (SSSR count). The predicted octanol–water partition coefficient (Wildman–Crippen LogP) is 4.05. The van der Waals surface area contributed by atoms with Crippen LogP contribution in [0.1, 0.15) is 11.3 Å². The van der Waals surface area contributed by atoms with Crippen LogP contribution in [-0.2, 0) is 27.8 Å². The molecule has 0 saturated heterocycles. The summed E-state index contributed by atoms with van der Waals surface area (Å²) in [6.07, 6.45) is 2.51. The number of rotatable bonds is 8. The summed E-state index contributed by atoms with van der Waals surface area (Å²) < 4.78 is 34.5. The standard InChI is InChI=1S/C19H18N2O6S/c1-28(24,25)18-9-3-8-17(19(18)21(22)23)20-15-6-2-5-14(11-15)12-26-13-16-7-4-10-27-16/h2-11,20H,12-13H2,1H3. The van der Waals surface area contributed by atoms with E-state index in [-0.39, 0.29) is 10.6 Å². The molecule has 0 bridgehead atoms. The average molecular weight is 402 g/mol. The largest absolute Gasteiger partial charge is 0.467 e. The molecule has 0 aliphatic rings. The summed E-state index contributed by atoms with van der Waals surface area (Å²) in [5, 5.41) is 14.4. The second kappa shape index (κ2) is 8.24. The van der Waals surface area contributed by atoms with Crippen LogP contribution in [-0.4, -0.2) is 19.6 Å². The van der Waals surface area contributed by atoms with Gasteiger partial charge in [0.2, 0.25) is 0 Å². The highest BCUT2D eigenvalue weighted by Gasteiger charge is 2.26. The number of sulfone groups is 1. The minimum absolute atomic E-state index is 0.0987. The van der Waals surface area contributed by atoms with E-state index in [0.29, 0.717) is 24.7 Å². The molecule has 28 heavy (non-hydrogen) atoms. The zero-order chi connectivity index (χ0) is 20.1. The van der Waals surface area contributed by atoms with Crippen molar-refractivity contribution in [3.05, 3.63) is 82.3 Å². The maximum atomic E-state index is 11.9. The Bertz CT molecular complexity index is 1080. The van der Waals surface area contributed by atoms with E-state index in [4.69, 9.17) is 9.15 Å². The summed E-state index contributed by atoms with van der Waals surface area (Å²) in [5.41, 5.74) is 1.04. The minimum Gasteiger partial charge on any atom is -0.467 e. The lowest BCUT2D eigenvalue weighted by molar-refractivity contribution is -0.386. The van der Waals surface area contributed by atoms with E-state index >= 15 is 0 Å². The molecule has 8 nitrogen and oxygen atoms in total. The Morgan fingerprint density at radius 1 is 1.11 bits per heavy atom. The van der Waals surface area contributed by atoms with E-state index in [2.05, 4.69) is 5.32 Å². The predicted molar refractivity (Wildman–Crippen MR) is 103 cm³/mol. The number of nitrogens with zero attached hydrogens (tertiary/aromatic N) is 1. The number of ether oxygens (including phenoxy) is 1.